The van der Waals surface area contributed by atoms with Crippen molar-refractivity contribution in [2.75, 3.05) is 7.11 Å². The summed E-state index contributed by atoms with van der Waals surface area (Å²) >= 11 is 0. The standard InChI is InChI=1S/C14H18N2O/c1-9(2)11-5-6-14(17-4)12(7-11)13-8-15-10(3)16-13/h5-9H,1-4H3,(H,15,16). The number of rotatable bonds is 3. The summed E-state index contributed by atoms with van der Waals surface area (Å²) in [4.78, 5) is 7.47. The molecule has 1 N–H and O–H groups in total. The van der Waals surface area contributed by atoms with Gasteiger partial charge in [-0.05, 0) is 30.5 Å². The molecule has 1 aromatic heterocycles. The summed E-state index contributed by atoms with van der Waals surface area (Å²) in [7, 11) is 1.69. The van der Waals surface area contributed by atoms with E-state index in [1.165, 1.54) is 5.56 Å². The zero-order valence-electron chi connectivity index (χ0n) is 10.7. The van der Waals surface area contributed by atoms with E-state index in [9.17, 15) is 0 Å². The minimum atomic E-state index is 0.503. The SMILES string of the molecule is COc1ccc(C(C)C)cc1-c1cnc(C)[nH]1. The average molecular weight is 230 g/mol. The summed E-state index contributed by atoms with van der Waals surface area (Å²) in [6.45, 7) is 6.32. The van der Waals surface area contributed by atoms with Crippen LogP contribution in [0.1, 0.15) is 31.2 Å². The number of nitrogens with one attached hydrogen (secondary N) is 1. The molecule has 0 unspecified atom stereocenters. The molecule has 0 bridgehead atoms. The Morgan fingerprint density at radius 3 is 2.59 bits per heavy atom. The summed E-state index contributed by atoms with van der Waals surface area (Å²) < 4.78 is 5.40. The van der Waals surface area contributed by atoms with E-state index in [-0.39, 0.29) is 0 Å². The molecule has 3 nitrogen and oxygen atoms in total. The van der Waals surface area contributed by atoms with Gasteiger partial charge in [0.2, 0.25) is 0 Å². The maximum atomic E-state index is 5.40. The minimum Gasteiger partial charge on any atom is -0.496 e. The number of nitrogens with zero attached hydrogens (tertiary/aromatic N) is 1. The average Bonchev–Trinajstić information content (AvgIpc) is 2.74. The van der Waals surface area contributed by atoms with Crippen LogP contribution in [0.3, 0.4) is 0 Å². The first-order valence-electron chi connectivity index (χ1n) is 5.81. The molecule has 3 heteroatoms. The van der Waals surface area contributed by atoms with Gasteiger partial charge in [0.05, 0.1) is 19.0 Å². The minimum absolute atomic E-state index is 0.503. The predicted molar refractivity (Wildman–Crippen MR) is 69.4 cm³/mol. The molecule has 1 heterocycles. The Morgan fingerprint density at radius 2 is 2.06 bits per heavy atom. The molecule has 0 amide bonds. The molecule has 2 aromatic rings. The van der Waals surface area contributed by atoms with E-state index in [2.05, 4.69) is 35.9 Å². The topological polar surface area (TPSA) is 37.9 Å². The van der Waals surface area contributed by atoms with Crippen LogP contribution in [0, 0.1) is 6.92 Å². The molecule has 0 atom stereocenters. The largest absolute Gasteiger partial charge is 0.496 e. The smallest absolute Gasteiger partial charge is 0.128 e. The summed E-state index contributed by atoms with van der Waals surface area (Å²) in [5.74, 6) is 2.29. The predicted octanol–water partition coefficient (Wildman–Crippen LogP) is 3.52. The van der Waals surface area contributed by atoms with Crippen molar-refractivity contribution in [3.05, 3.63) is 35.8 Å². The van der Waals surface area contributed by atoms with E-state index in [4.69, 9.17) is 4.74 Å². The summed E-state index contributed by atoms with van der Waals surface area (Å²) in [5, 5.41) is 0. The molecule has 90 valence electrons. The van der Waals surface area contributed by atoms with E-state index in [1.54, 1.807) is 7.11 Å². The van der Waals surface area contributed by atoms with Crippen LogP contribution in [-0.4, -0.2) is 17.1 Å². The zero-order chi connectivity index (χ0) is 12.4. The van der Waals surface area contributed by atoms with Gasteiger partial charge in [0, 0.05) is 5.56 Å². The fourth-order valence-electron chi connectivity index (χ4n) is 1.85. The lowest BCUT2D eigenvalue weighted by atomic mass is 9.99. The number of aromatic amines is 1. The van der Waals surface area contributed by atoms with Gasteiger partial charge in [-0.2, -0.15) is 0 Å². The molecule has 0 radical (unpaired) electrons. The maximum Gasteiger partial charge on any atom is 0.128 e. The number of aryl methyl sites for hydroxylation is 1. The van der Waals surface area contributed by atoms with Crippen LogP contribution in [0.15, 0.2) is 24.4 Å². The quantitative estimate of drug-likeness (QED) is 0.876. The number of hydrogen-bond donors (Lipinski definition) is 1. The van der Waals surface area contributed by atoms with Crippen molar-refractivity contribution in [2.24, 2.45) is 0 Å². The van der Waals surface area contributed by atoms with Crippen molar-refractivity contribution in [2.45, 2.75) is 26.7 Å². The molecule has 0 aliphatic carbocycles. The Kier molecular flexibility index (Phi) is 3.18. The van der Waals surface area contributed by atoms with Crippen molar-refractivity contribution >= 4 is 0 Å². The second kappa shape index (κ2) is 4.62. The number of ether oxygens (including phenoxy) is 1. The number of hydrogen-bond acceptors (Lipinski definition) is 2. The maximum absolute atomic E-state index is 5.40. The molecule has 0 aliphatic heterocycles. The van der Waals surface area contributed by atoms with Gasteiger partial charge in [0.1, 0.15) is 11.6 Å². The molecule has 0 aliphatic rings. The zero-order valence-corrected chi connectivity index (χ0v) is 10.7. The molecule has 17 heavy (non-hydrogen) atoms. The third-order valence-electron chi connectivity index (χ3n) is 2.88. The van der Waals surface area contributed by atoms with E-state index in [1.807, 2.05) is 19.2 Å². The number of imidazole rings is 1. The lowest BCUT2D eigenvalue weighted by Crippen LogP contribution is -1.93. The van der Waals surface area contributed by atoms with Crippen molar-refractivity contribution in [3.8, 4) is 17.0 Å². The van der Waals surface area contributed by atoms with Crippen LogP contribution in [0.2, 0.25) is 0 Å². The summed E-state index contributed by atoms with van der Waals surface area (Å²) in [6.07, 6.45) is 1.84. The van der Waals surface area contributed by atoms with Gasteiger partial charge in [0.25, 0.3) is 0 Å². The Morgan fingerprint density at radius 1 is 1.29 bits per heavy atom. The van der Waals surface area contributed by atoms with Crippen molar-refractivity contribution in [1.29, 1.82) is 0 Å². The highest BCUT2D eigenvalue weighted by atomic mass is 16.5. The molecule has 0 fully saturated rings. The second-order valence-corrected chi connectivity index (χ2v) is 4.50. The van der Waals surface area contributed by atoms with Gasteiger partial charge in [0.15, 0.2) is 0 Å². The van der Waals surface area contributed by atoms with Crippen molar-refractivity contribution in [1.82, 2.24) is 9.97 Å². The summed E-state index contributed by atoms with van der Waals surface area (Å²) in [5.41, 5.74) is 3.37. The second-order valence-electron chi connectivity index (χ2n) is 4.50. The Balaban J connectivity index is 2.53. The first-order chi connectivity index (χ1) is 8.11. The molecule has 2 rings (SSSR count). The number of aromatic nitrogens is 2. The highest BCUT2D eigenvalue weighted by Crippen LogP contribution is 2.31. The number of H-pyrrole nitrogens is 1. The Bertz CT molecular complexity index is 515. The monoisotopic (exact) mass is 230 g/mol. The van der Waals surface area contributed by atoms with Crippen LogP contribution in [-0.2, 0) is 0 Å². The van der Waals surface area contributed by atoms with Crippen LogP contribution < -0.4 is 4.74 Å². The molecule has 0 saturated carbocycles. The first kappa shape index (κ1) is 11.7. The lowest BCUT2D eigenvalue weighted by Gasteiger charge is -2.11. The van der Waals surface area contributed by atoms with Crippen molar-refractivity contribution < 1.29 is 4.74 Å². The molecule has 0 saturated heterocycles. The summed E-state index contributed by atoms with van der Waals surface area (Å²) in [6, 6.07) is 6.29. The number of benzene rings is 1. The molecule has 1 aromatic carbocycles. The van der Waals surface area contributed by atoms with E-state index < -0.39 is 0 Å². The van der Waals surface area contributed by atoms with Gasteiger partial charge < -0.3 is 9.72 Å². The van der Waals surface area contributed by atoms with Gasteiger partial charge >= 0.3 is 0 Å². The van der Waals surface area contributed by atoms with Crippen LogP contribution in [0.4, 0.5) is 0 Å². The molecular formula is C14H18N2O. The van der Waals surface area contributed by atoms with Crippen molar-refractivity contribution in [3.63, 3.8) is 0 Å². The van der Waals surface area contributed by atoms with E-state index >= 15 is 0 Å². The Labute approximate surface area is 102 Å². The van der Waals surface area contributed by atoms with E-state index in [0.29, 0.717) is 5.92 Å². The Hall–Kier alpha value is -1.77. The number of methoxy groups -OCH3 is 1. The molecule has 0 spiro atoms. The normalized spacial score (nSPS) is 10.9. The fraction of sp³-hybridized carbons (Fsp3) is 0.357. The highest BCUT2D eigenvalue weighted by Gasteiger charge is 2.10. The van der Waals surface area contributed by atoms with Crippen LogP contribution in [0.25, 0.3) is 11.3 Å². The van der Waals surface area contributed by atoms with Gasteiger partial charge in [-0.15, -0.1) is 0 Å². The van der Waals surface area contributed by atoms with Gasteiger partial charge in [-0.1, -0.05) is 19.9 Å². The van der Waals surface area contributed by atoms with Gasteiger partial charge in [-0.25, -0.2) is 4.98 Å². The third kappa shape index (κ3) is 2.33. The first-order valence-corrected chi connectivity index (χ1v) is 5.81. The van der Waals surface area contributed by atoms with Crippen LogP contribution in [0.5, 0.6) is 5.75 Å². The van der Waals surface area contributed by atoms with Gasteiger partial charge in [-0.3, -0.25) is 0 Å². The fourth-order valence-corrected chi connectivity index (χ4v) is 1.85. The lowest BCUT2D eigenvalue weighted by molar-refractivity contribution is 0.416. The third-order valence-corrected chi connectivity index (χ3v) is 2.88. The molecular weight excluding hydrogens is 212 g/mol. The van der Waals surface area contributed by atoms with Crippen LogP contribution >= 0.6 is 0 Å². The van der Waals surface area contributed by atoms with E-state index in [0.717, 1.165) is 22.8 Å². The highest BCUT2D eigenvalue weighted by molar-refractivity contribution is 5.68.